The van der Waals surface area contributed by atoms with Crippen LogP contribution in [0.1, 0.15) is 77.7 Å². The van der Waals surface area contributed by atoms with Gasteiger partial charge in [-0.05, 0) is 62.6 Å². The lowest BCUT2D eigenvalue weighted by Gasteiger charge is -2.36. The number of fused-ring (bicyclic) bond motifs is 2. The van der Waals surface area contributed by atoms with Crippen molar-refractivity contribution in [1.82, 2.24) is 10.6 Å². The Bertz CT molecular complexity index is 1540. The first-order valence-electron chi connectivity index (χ1n) is 14.5. The second-order valence-corrected chi connectivity index (χ2v) is 12.5. The number of benzene rings is 3. The summed E-state index contributed by atoms with van der Waals surface area (Å²) in [7, 11) is 1.45. The Hall–Kier alpha value is -3.04. The summed E-state index contributed by atoms with van der Waals surface area (Å²) in [5.74, 6) is -1.87. The van der Waals surface area contributed by atoms with Crippen molar-refractivity contribution < 1.29 is 28.5 Å². The van der Waals surface area contributed by atoms with Gasteiger partial charge in [-0.25, -0.2) is 8.78 Å². The van der Waals surface area contributed by atoms with E-state index in [0.717, 1.165) is 18.4 Å². The second kappa shape index (κ2) is 10.9. The van der Waals surface area contributed by atoms with E-state index in [9.17, 15) is 15.0 Å². The van der Waals surface area contributed by atoms with E-state index in [1.54, 1.807) is 6.07 Å². The van der Waals surface area contributed by atoms with E-state index in [4.69, 9.17) is 16.3 Å². The molecule has 3 aliphatic rings. The van der Waals surface area contributed by atoms with Crippen LogP contribution >= 0.6 is 11.6 Å². The molecule has 1 saturated carbocycles. The highest BCUT2D eigenvalue weighted by Crippen LogP contribution is 2.51. The van der Waals surface area contributed by atoms with Crippen molar-refractivity contribution >= 4 is 17.5 Å². The van der Waals surface area contributed by atoms with Gasteiger partial charge in [0, 0.05) is 54.4 Å². The van der Waals surface area contributed by atoms with Crippen LogP contribution < -0.4 is 15.4 Å². The van der Waals surface area contributed by atoms with Crippen LogP contribution in [0.15, 0.2) is 42.5 Å². The molecule has 42 heavy (non-hydrogen) atoms. The molecule has 0 saturated heterocycles. The normalized spacial score (nSPS) is 26.5. The quantitative estimate of drug-likeness (QED) is 0.291. The van der Waals surface area contributed by atoms with Gasteiger partial charge in [-0.15, -0.1) is 0 Å². The third-order valence-corrected chi connectivity index (χ3v) is 9.59. The fourth-order valence-corrected chi connectivity index (χ4v) is 7.10. The predicted octanol–water partition coefficient (Wildman–Crippen LogP) is 5.74. The van der Waals surface area contributed by atoms with Crippen LogP contribution in [-0.4, -0.2) is 41.4 Å². The number of ether oxygens (including phenoxy) is 1. The maximum atomic E-state index is 16.4. The highest BCUT2D eigenvalue weighted by Gasteiger charge is 2.45. The number of amides is 1. The summed E-state index contributed by atoms with van der Waals surface area (Å²) in [5.41, 5.74) is 0.351. The van der Waals surface area contributed by atoms with Crippen molar-refractivity contribution in [3.63, 3.8) is 0 Å². The molecule has 9 heteroatoms. The third kappa shape index (κ3) is 4.98. The van der Waals surface area contributed by atoms with E-state index in [2.05, 4.69) is 10.6 Å². The lowest BCUT2D eigenvalue weighted by molar-refractivity contribution is 0.0104. The van der Waals surface area contributed by atoms with E-state index in [0.29, 0.717) is 43.4 Å². The minimum absolute atomic E-state index is 0.0298. The number of aryl methyl sites for hydroxylation is 1. The Kier molecular flexibility index (Phi) is 7.54. The summed E-state index contributed by atoms with van der Waals surface area (Å²) < 4.78 is 38.5. The van der Waals surface area contributed by atoms with Crippen LogP contribution in [0.2, 0.25) is 5.02 Å². The Morgan fingerprint density at radius 1 is 1.12 bits per heavy atom. The second-order valence-electron chi connectivity index (χ2n) is 12.1. The predicted molar refractivity (Wildman–Crippen MR) is 157 cm³/mol. The topological polar surface area (TPSA) is 90.8 Å². The van der Waals surface area contributed by atoms with Gasteiger partial charge in [-0.3, -0.25) is 4.79 Å². The zero-order valence-corrected chi connectivity index (χ0v) is 24.5. The molecule has 1 heterocycles. The number of aliphatic hydroxyl groups excluding tert-OH is 1. The first kappa shape index (κ1) is 29.1. The SMILES string of the molecule is CNC(=O)c1cc2c(c(F)c1-c1c(Cl)c(F)cc3c1C[C@@](CN[C@H]1CC[C@](C)(O)CC1)(c1ccccc1)O3)C(O)CC2. The van der Waals surface area contributed by atoms with Crippen LogP contribution in [0.4, 0.5) is 8.78 Å². The van der Waals surface area contributed by atoms with Crippen molar-refractivity contribution in [2.45, 2.75) is 75.2 Å². The summed E-state index contributed by atoms with van der Waals surface area (Å²) in [6.45, 7) is 2.24. The smallest absolute Gasteiger partial charge is 0.251 e. The summed E-state index contributed by atoms with van der Waals surface area (Å²) in [6, 6.07) is 12.6. The molecule has 0 spiro atoms. The number of aliphatic hydroxyl groups is 2. The van der Waals surface area contributed by atoms with Gasteiger partial charge in [0.25, 0.3) is 5.91 Å². The Balaban J connectivity index is 1.47. The number of carbonyl (C=O) groups is 1. The molecule has 1 unspecified atom stereocenters. The summed E-state index contributed by atoms with van der Waals surface area (Å²) >= 11 is 6.62. The number of nitrogens with one attached hydrogen (secondary N) is 2. The molecule has 6 rings (SSSR count). The van der Waals surface area contributed by atoms with Crippen LogP contribution in [0.5, 0.6) is 5.75 Å². The molecular weight excluding hydrogens is 562 g/mol. The minimum Gasteiger partial charge on any atom is -0.480 e. The minimum atomic E-state index is -1.03. The summed E-state index contributed by atoms with van der Waals surface area (Å²) in [4.78, 5) is 13.1. The average molecular weight is 597 g/mol. The molecule has 1 aliphatic heterocycles. The first-order chi connectivity index (χ1) is 20.0. The molecule has 3 aromatic carbocycles. The molecule has 4 N–H and O–H groups in total. The average Bonchev–Trinajstić information content (AvgIpc) is 3.54. The van der Waals surface area contributed by atoms with E-state index in [-0.39, 0.29) is 45.5 Å². The molecule has 2 atom stereocenters. The lowest BCUT2D eigenvalue weighted by Crippen LogP contribution is -2.48. The Labute approximate surface area is 249 Å². The summed E-state index contributed by atoms with van der Waals surface area (Å²) in [5, 5.41) is 26.9. The molecule has 222 valence electrons. The van der Waals surface area contributed by atoms with E-state index < -0.39 is 34.8 Å². The maximum absolute atomic E-state index is 16.4. The highest BCUT2D eigenvalue weighted by molar-refractivity contribution is 6.34. The van der Waals surface area contributed by atoms with Gasteiger partial charge in [-0.2, -0.15) is 0 Å². The standard InChI is InChI=1S/C33H35ClF2N2O4/c1-32(41)12-10-20(11-13-32)38-17-33(19-6-4-3-5-7-19)16-22-25(42-33)15-23(35)29(34)27(22)28-21(31(40)37-2)14-18-8-9-24(39)26(18)30(28)36/h3-7,14-15,20,24,38-39,41H,8-13,16-17H2,1-2H3,(H,37,40)/t20-,24?,32-,33-/m1/s1. The largest absolute Gasteiger partial charge is 0.480 e. The maximum Gasteiger partial charge on any atom is 0.251 e. The third-order valence-electron chi connectivity index (χ3n) is 9.22. The first-order valence-corrected chi connectivity index (χ1v) is 14.9. The monoisotopic (exact) mass is 596 g/mol. The molecule has 3 aromatic rings. The van der Waals surface area contributed by atoms with Crippen molar-refractivity contribution in [3.8, 4) is 16.9 Å². The summed E-state index contributed by atoms with van der Waals surface area (Å²) in [6.07, 6.45) is 2.93. The molecule has 1 amide bonds. The van der Waals surface area contributed by atoms with Crippen LogP contribution in [0.25, 0.3) is 11.1 Å². The van der Waals surface area contributed by atoms with Gasteiger partial charge in [0.1, 0.15) is 17.4 Å². The number of carbonyl (C=O) groups excluding carboxylic acids is 1. The van der Waals surface area contributed by atoms with Gasteiger partial charge < -0.3 is 25.6 Å². The Morgan fingerprint density at radius 3 is 2.52 bits per heavy atom. The molecule has 0 radical (unpaired) electrons. The molecule has 0 aromatic heterocycles. The van der Waals surface area contributed by atoms with Gasteiger partial charge in [0.15, 0.2) is 5.60 Å². The molecule has 0 bridgehead atoms. The number of rotatable bonds is 6. The van der Waals surface area contributed by atoms with Crippen molar-refractivity contribution in [1.29, 1.82) is 0 Å². The van der Waals surface area contributed by atoms with Gasteiger partial charge in [0.05, 0.1) is 22.3 Å². The van der Waals surface area contributed by atoms with Crippen LogP contribution in [0, 0.1) is 11.6 Å². The zero-order valence-electron chi connectivity index (χ0n) is 23.7. The molecule has 2 aliphatic carbocycles. The molecule has 1 fully saturated rings. The van der Waals surface area contributed by atoms with E-state index in [1.165, 1.54) is 13.1 Å². The van der Waals surface area contributed by atoms with Crippen molar-refractivity contribution in [3.05, 3.63) is 86.9 Å². The van der Waals surface area contributed by atoms with Crippen molar-refractivity contribution in [2.75, 3.05) is 13.6 Å². The lowest BCUT2D eigenvalue weighted by atomic mass is 9.82. The van der Waals surface area contributed by atoms with Crippen LogP contribution in [-0.2, 0) is 18.4 Å². The molecule has 6 nitrogen and oxygen atoms in total. The number of hydrogen-bond acceptors (Lipinski definition) is 5. The van der Waals surface area contributed by atoms with E-state index in [1.807, 2.05) is 37.3 Å². The van der Waals surface area contributed by atoms with E-state index >= 15 is 8.78 Å². The fourth-order valence-electron chi connectivity index (χ4n) is 6.84. The zero-order chi connectivity index (χ0) is 29.8. The van der Waals surface area contributed by atoms with Crippen LogP contribution in [0.3, 0.4) is 0 Å². The van der Waals surface area contributed by atoms with Gasteiger partial charge in [0.2, 0.25) is 0 Å². The fraction of sp³-hybridized carbons (Fsp3) is 0.424. The van der Waals surface area contributed by atoms with Gasteiger partial charge in [-0.1, -0.05) is 41.9 Å². The number of hydrogen-bond donors (Lipinski definition) is 4. The van der Waals surface area contributed by atoms with Crippen molar-refractivity contribution in [2.24, 2.45) is 0 Å². The molecular formula is C33H35ClF2N2O4. The Morgan fingerprint density at radius 2 is 1.83 bits per heavy atom. The van der Waals surface area contributed by atoms with Gasteiger partial charge >= 0.3 is 0 Å². The highest BCUT2D eigenvalue weighted by atomic mass is 35.5. The number of halogens is 3.